The van der Waals surface area contributed by atoms with Crippen LogP contribution >= 0.6 is 0 Å². The summed E-state index contributed by atoms with van der Waals surface area (Å²) in [5, 5.41) is 3.05. The number of amides is 1. The van der Waals surface area contributed by atoms with Crippen molar-refractivity contribution in [1.82, 2.24) is 15.2 Å². The van der Waals surface area contributed by atoms with E-state index < -0.39 is 0 Å². The second kappa shape index (κ2) is 8.10. The Hall–Kier alpha value is -1.46. The van der Waals surface area contributed by atoms with Crippen molar-refractivity contribution < 1.29 is 9.53 Å². The molecule has 1 fully saturated rings. The number of carbonyl (C=O) groups excluding carboxylic acids is 1. The van der Waals surface area contributed by atoms with Crippen molar-refractivity contribution in [3.05, 3.63) is 30.1 Å². The third kappa shape index (κ3) is 5.10. The molecule has 1 saturated heterocycles. The van der Waals surface area contributed by atoms with Gasteiger partial charge in [0, 0.05) is 43.6 Å². The van der Waals surface area contributed by atoms with Gasteiger partial charge in [-0.15, -0.1) is 0 Å². The van der Waals surface area contributed by atoms with Crippen LogP contribution < -0.4 is 5.32 Å². The van der Waals surface area contributed by atoms with Crippen LogP contribution in [-0.2, 0) is 4.74 Å². The van der Waals surface area contributed by atoms with Gasteiger partial charge in [0.1, 0.15) is 0 Å². The maximum absolute atomic E-state index is 12.1. The molecule has 0 aromatic carbocycles. The largest absolute Gasteiger partial charge is 0.379 e. The van der Waals surface area contributed by atoms with Gasteiger partial charge in [-0.2, -0.15) is 0 Å². The zero-order valence-electron chi connectivity index (χ0n) is 12.9. The SMILES string of the molecule is CC(C)CC(CNC(=O)c1ccncc1)N1CCOCC1. The Morgan fingerprint density at radius 2 is 2.00 bits per heavy atom. The number of hydrogen-bond donors (Lipinski definition) is 1. The quantitative estimate of drug-likeness (QED) is 0.864. The van der Waals surface area contributed by atoms with Crippen LogP contribution in [0, 0.1) is 5.92 Å². The molecule has 1 atom stereocenters. The number of morpholine rings is 1. The molecule has 0 bridgehead atoms. The van der Waals surface area contributed by atoms with Crippen LogP contribution in [0.15, 0.2) is 24.5 Å². The second-order valence-corrected chi connectivity index (χ2v) is 5.88. The Morgan fingerprint density at radius 1 is 1.33 bits per heavy atom. The van der Waals surface area contributed by atoms with Gasteiger partial charge in [0.15, 0.2) is 0 Å². The Bertz CT molecular complexity index is 430. The van der Waals surface area contributed by atoms with Gasteiger partial charge in [-0.3, -0.25) is 14.7 Å². The van der Waals surface area contributed by atoms with E-state index in [0.717, 1.165) is 32.7 Å². The summed E-state index contributed by atoms with van der Waals surface area (Å²) < 4.78 is 5.41. The first-order chi connectivity index (χ1) is 10.2. The molecule has 1 aromatic rings. The molecule has 0 aliphatic carbocycles. The summed E-state index contributed by atoms with van der Waals surface area (Å²) in [6.45, 7) is 8.58. The number of nitrogens with zero attached hydrogens (tertiary/aromatic N) is 2. The lowest BCUT2D eigenvalue weighted by molar-refractivity contribution is 0.0124. The summed E-state index contributed by atoms with van der Waals surface area (Å²) in [6.07, 6.45) is 4.36. The Balaban J connectivity index is 1.90. The van der Waals surface area contributed by atoms with Crippen molar-refractivity contribution in [1.29, 1.82) is 0 Å². The molecule has 1 aliphatic rings. The van der Waals surface area contributed by atoms with E-state index in [4.69, 9.17) is 4.74 Å². The molecule has 1 aromatic heterocycles. The molecular formula is C16H25N3O2. The van der Waals surface area contributed by atoms with Crippen LogP contribution in [0.2, 0.25) is 0 Å². The number of rotatable bonds is 6. The van der Waals surface area contributed by atoms with Crippen molar-refractivity contribution in [2.45, 2.75) is 26.3 Å². The summed E-state index contributed by atoms with van der Waals surface area (Å²) in [5.74, 6) is 0.579. The first kappa shape index (κ1) is 15.9. The molecule has 116 valence electrons. The van der Waals surface area contributed by atoms with E-state index in [1.807, 2.05) is 0 Å². The highest BCUT2D eigenvalue weighted by molar-refractivity contribution is 5.93. The molecule has 0 spiro atoms. The van der Waals surface area contributed by atoms with Gasteiger partial charge in [0.25, 0.3) is 5.91 Å². The highest BCUT2D eigenvalue weighted by atomic mass is 16.5. The maximum Gasteiger partial charge on any atom is 0.251 e. The van der Waals surface area contributed by atoms with Crippen LogP contribution in [0.1, 0.15) is 30.6 Å². The Kier molecular flexibility index (Phi) is 6.14. The standard InChI is InChI=1S/C16H25N3O2/c1-13(2)11-15(19-7-9-21-10-8-19)12-18-16(20)14-3-5-17-6-4-14/h3-6,13,15H,7-12H2,1-2H3,(H,18,20). The summed E-state index contributed by atoms with van der Waals surface area (Å²) >= 11 is 0. The average molecular weight is 291 g/mol. The van der Waals surface area contributed by atoms with E-state index in [0.29, 0.717) is 24.1 Å². The fourth-order valence-corrected chi connectivity index (χ4v) is 2.66. The third-order valence-corrected chi connectivity index (χ3v) is 3.75. The molecule has 2 rings (SSSR count). The lowest BCUT2D eigenvalue weighted by atomic mass is 10.0. The molecule has 1 amide bonds. The topological polar surface area (TPSA) is 54.5 Å². The Morgan fingerprint density at radius 3 is 2.62 bits per heavy atom. The Labute approximate surface area is 126 Å². The first-order valence-electron chi connectivity index (χ1n) is 7.67. The second-order valence-electron chi connectivity index (χ2n) is 5.88. The lowest BCUT2D eigenvalue weighted by Crippen LogP contribution is -2.49. The van der Waals surface area contributed by atoms with Crippen molar-refractivity contribution in [2.24, 2.45) is 5.92 Å². The predicted octanol–water partition coefficient (Wildman–Crippen LogP) is 1.56. The molecular weight excluding hydrogens is 266 g/mol. The van der Waals surface area contributed by atoms with Crippen molar-refractivity contribution in [2.75, 3.05) is 32.8 Å². The normalized spacial score (nSPS) is 17.7. The minimum atomic E-state index is -0.0283. The van der Waals surface area contributed by atoms with E-state index in [1.165, 1.54) is 0 Å². The van der Waals surface area contributed by atoms with Crippen LogP contribution in [0.25, 0.3) is 0 Å². The monoisotopic (exact) mass is 291 g/mol. The maximum atomic E-state index is 12.1. The molecule has 5 nitrogen and oxygen atoms in total. The molecule has 0 saturated carbocycles. The van der Waals surface area contributed by atoms with E-state index in [-0.39, 0.29) is 5.91 Å². The van der Waals surface area contributed by atoms with E-state index in [2.05, 4.69) is 29.0 Å². The average Bonchev–Trinajstić information content (AvgIpc) is 2.52. The summed E-state index contributed by atoms with van der Waals surface area (Å²) in [6, 6.07) is 3.85. The minimum absolute atomic E-state index is 0.0283. The molecule has 1 unspecified atom stereocenters. The van der Waals surface area contributed by atoms with E-state index in [9.17, 15) is 4.79 Å². The number of aromatic nitrogens is 1. The fourth-order valence-electron chi connectivity index (χ4n) is 2.66. The predicted molar refractivity (Wildman–Crippen MR) is 82.2 cm³/mol. The highest BCUT2D eigenvalue weighted by Crippen LogP contribution is 2.13. The van der Waals surface area contributed by atoms with Gasteiger partial charge < -0.3 is 10.1 Å². The summed E-state index contributed by atoms with van der Waals surface area (Å²) in [4.78, 5) is 18.5. The van der Waals surface area contributed by atoms with E-state index >= 15 is 0 Å². The molecule has 1 aliphatic heterocycles. The zero-order valence-corrected chi connectivity index (χ0v) is 12.9. The molecule has 21 heavy (non-hydrogen) atoms. The van der Waals surface area contributed by atoms with Crippen LogP contribution in [0.4, 0.5) is 0 Å². The number of carbonyl (C=O) groups is 1. The van der Waals surface area contributed by atoms with Crippen LogP contribution in [0.5, 0.6) is 0 Å². The number of hydrogen-bond acceptors (Lipinski definition) is 4. The van der Waals surface area contributed by atoms with Crippen LogP contribution in [-0.4, -0.2) is 54.7 Å². The van der Waals surface area contributed by atoms with Crippen molar-refractivity contribution in [3.8, 4) is 0 Å². The van der Waals surface area contributed by atoms with Gasteiger partial charge >= 0.3 is 0 Å². The van der Waals surface area contributed by atoms with E-state index in [1.54, 1.807) is 24.5 Å². The highest BCUT2D eigenvalue weighted by Gasteiger charge is 2.22. The van der Waals surface area contributed by atoms with Crippen molar-refractivity contribution in [3.63, 3.8) is 0 Å². The number of nitrogens with one attached hydrogen (secondary N) is 1. The fraction of sp³-hybridized carbons (Fsp3) is 0.625. The molecule has 0 radical (unpaired) electrons. The lowest BCUT2D eigenvalue weighted by Gasteiger charge is -2.35. The molecule has 2 heterocycles. The number of pyridine rings is 1. The smallest absolute Gasteiger partial charge is 0.251 e. The van der Waals surface area contributed by atoms with Gasteiger partial charge in [0.2, 0.25) is 0 Å². The van der Waals surface area contributed by atoms with Crippen molar-refractivity contribution >= 4 is 5.91 Å². The third-order valence-electron chi connectivity index (χ3n) is 3.75. The summed E-state index contributed by atoms with van der Waals surface area (Å²) in [7, 11) is 0. The minimum Gasteiger partial charge on any atom is -0.379 e. The van der Waals surface area contributed by atoms with Gasteiger partial charge in [-0.25, -0.2) is 0 Å². The summed E-state index contributed by atoms with van der Waals surface area (Å²) in [5.41, 5.74) is 0.662. The first-order valence-corrected chi connectivity index (χ1v) is 7.67. The zero-order chi connectivity index (χ0) is 15.1. The van der Waals surface area contributed by atoms with Gasteiger partial charge in [-0.05, 0) is 24.5 Å². The van der Waals surface area contributed by atoms with Gasteiger partial charge in [-0.1, -0.05) is 13.8 Å². The number of ether oxygens (including phenoxy) is 1. The van der Waals surface area contributed by atoms with Gasteiger partial charge in [0.05, 0.1) is 13.2 Å². The molecule has 5 heteroatoms. The molecule has 1 N–H and O–H groups in total. The van der Waals surface area contributed by atoms with Crippen LogP contribution in [0.3, 0.4) is 0 Å².